The Morgan fingerprint density at radius 3 is 2.08 bits per heavy atom. The van der Waals surface area contributed by atoms with Crippen molar-refractivity contribution in [2.45, 2.75) is 23.5 Å². The van der Waals surface area contributed by atoms with E-state index in [4.69, 9.17) is 20.0 Å². The molecule has 1 N–H and O–H groups in total. The molecule has 4 rings (SSSR count). The summed E-state index contributed by atoms with van der Waals surface area (Å²) in [6.45, 7) is 4.35. The first-order valence-corrected chi connectivity index (χ1v) is 13.4. The van der Waals surface area contributed by atoms with Crippen LogP contribution in [0.5, 0.6) is 5.75 Å². The van der Waals surface area contributed by atoms with Crippen LogP contribution in [-0.2, 0) is 14.8 Å². The minimum absolute atomic E-state index is 0.0167. The molecule has 2 bridgehead atoms. The monoisotopic (exact) mass is 531 g/mol. The van der Waals surface area contributed by atoms with E-state index in [2.05, 4.69) is 14.5 Å². The van der Waals surface area contributed by atoms with Crippen LogP contribution in [0.4, 0.5) is 8.78 Å². The molecule has 2 atom stereocenters. The smallest absolute Gasteiger partial charge is 0.240 e. The van der Waals surface area contributed by atoms with Crippen LogP contribution in [0.15, 0.2) is 41.3 Å². The average molecular weight is 532 g/mol. The summed E-state index contributed by atoms with van der Waals surface area (Å²) in [6, 6.07) is 11.3. The fourth-order valence-corrected chi connectivity index (χ4v) is 5.60. The highest BCUT2D eigenvalue weighted by molar-refractivity contribution is 7.89. The Morgan fingerprint density at radius 1 is 0.946 bits per heavy atom. The van der Waals surface area contributed by atoms with E-state index in [1.807, 2.05) is 6.07 Å². The van der Waals surface area contributed by atoms with E-state index in [1.165, 1.54) is 24.3 Å². The molecule has 0 aliphatic carbocycles. The molecule has 0 saturated carbocycles. The molecule has 2 fully saturated rings. The van der Waals surface area contributed by atoms with Crippen LogP contribution in [0.1, 0.15) is 17.5 Å². The van der Waals surface area contributed by atoms with Crippen molar-refractivity contribution in [3.8, 4) is 17.9 Å². The minimum Gasteiger partial charge on any atom is -0.488 e. The number of hydrogen-bond donors (Lipinski definition) is 1. The standard InChI is InChI=1S/C25H27F2N5O4S/c26-23-10-19(13-29)11-24(27)25(23)35-9-1-7-31-14-20-16-32(17-21(15-31)36-20)8-6-30-37(33,34)22-4-2-18(12-28)3-5-22/h2-5,10-11,20-21,30H,1,6-9,14-17H2. The number of halogens is 2. The Morgan fingerprint density at radius 2 is 1.51 bits per heavy atom. The number of rotatable bonds is 10. The third kappa shape index (κ3) is 7.01. The third-order valence-electron chi connectivity index (χ3n) is 6.24. The summed E-state index contributed by atoms with van der Waals surface area (Å²) in [5, 5.41) is 17.6. The third-order valence-corrected chi connectivity index (χ3v) is 7.72. The largest absolute Gasteiger partial charge is 0.488 e. The first kappa shape index (κ1) is 26.9. The summed E-state index contributed by atoms with van der Waals surface area (Å²) in [4.78, 5) is 4.53. The van der Waals surface area contributed by atoms with Gasteiger partial charge >= 0.3 is 0 Å². The van der Waals surface area contributed by atoms with E-state index in [-0.39, 0.29) is 35.8 Å². The van der Waals surface area contributed by atoms with Crippen LogP contribution in [0.2, 0.25) is 0 Å². The number of sulfonamides is 1. The number of morpholine rings is 2. The van der Waals surface area contributed by atoms with Gasteiger partial charge in [0.1, 0.15) is 0 Å². The van der Waals surface area contributed by atoms with Gasteiger partial charge in [0.15, 0.2) is 17.4 Å². The van der Waals surface area contributed by atoms with E-state index < -0.39 is 27.4 Å². The van der Waals surface area contributed by atoms with Gasteiger partial charge in [-0.3, -0.25) is 9.80 Å². The fourth-order valence-electron chi connectivity index (χ4n) is 4.58. The Bertz CT molecular complexity index is 1260. The molecule has 2 saturated heterocycles. The molecular formula is C25H27F2N5O4S. The van der Waals surface area contributed by atoms with Crippen molar-refractivity contribution in [1.29, 1.82) is 10.5 Å². The zero-order chi connectivity index (χ0) is 26.4. The van der Waals surface area contributed by atoms with Gasteiger partial charge in [0.05, 0.1) is 47.0 Å². The number of hydrogen-bond acceptors (Lipinski definition) is 8. The summed E-state index contributed by atoms with van der Waals surface area (Å²) in [6.07, 6.45) is 0.535. The van der Waals surface area contributed by atoms with Crippen molar-refractivity contribution >= 4 is 10.0 Å². The number of fused-ring (bicyclic) bond motifs is 2. The predicted molar refractivity (Wildman–Crippen MR) is 129 cm³/mol. The van der Waals surface area contributed by atoms with Gasteiger partial charge in [-0.15, -0.1) is 0 Å². The van der Waals surface area contributed by atoms with E-state index >= 15 is 0 Å². The molecule has 0 spiro atoms. The molecule has 2 aliphatic heterocycles. The Hall–Kier alpha value is -3.13. The van der Waals surface area contributed by atoms with Gasteiger partial charge < -0.3 is 9.47 Å². The number of nitrogens with one attached hydrogen (secondary N) is 1. The number of nitriles is 2. The highest BCUT2D eigenvalue weighted by Gasteiger charge is 2.34. The molecule has 9 nitrogen and oxygen atoms in total. The van der Waals surface area contributed by atoms with Crippen molar-refractivity contribution in [2.24, 2.45) is 0 Å². The molecule has 37 heavy (non-hydrogen) atoms. The lowest BCUT2D eigenvalue weighted by molar-refractivity contribution is -0.138. The quantitative estimate of drug-likeness (QED) is 0.462. The summed E-state index contributed by atoms with van der Waals surface area (Å²) in [7, 11) is -3.65. The lowest BCUT2D eigenvalue weighted by Gasteiger charge is -2.45. The van der Waals surface area contributed by atoms with Gasteiger partial charge in [-0.05, 0) is 42.8 Å². The molecule has 12 heteroatoms. The van der Waals surface area contributed by atoms with Gasteiger partial charge in [-0.1, -0.05) is 0 Å². The van der Waals surface area contributed by atoms with E-state index in [1.54, 1.807) is 6.07 Å². The van der Waals surface area contributed by atoms with Crippen LogP contribution in [0, 0.1) is 34.3 Å². The van der Waals surface area contributed by atoms with Crippen LogP contribution < -0.4 is 9.46 Å². The molecule has 0 radical (unpaired) electrons. The first-order valence-electron chi connectivity index (χ1n) is 11.9. The zero-order valence-corrected chi connectivity index (χ0v) is 20.9. The minimum atomic E-state index is -3.65. The average Bonchev–Trinajstić information content (AvgIpc) is 2.87. The molecule has 2 aromatic carbocycles. The number of ether oxygens (including phenoxy) is 2. The second kappa shape index (κ2) is 11.9. The Balaban J connectivity index is 1.18. The van der Waals surface area contributed by atoms with E-state index in [0.717, 1.165) is 12.1 Å². The molecule has 0 amide bonds. The predicted octanol–water partition coefficient (Wildman–Crippen LogP) is 1.84. The summed E-state index contributed by atoms with van der Waals surface area (Å²) in [5.74, 6) is -2.25. The van der Waals surface area contributed by atoms with Crippen LogP contribution in [0.25, 0.3) is 0 Å². The first-order chi connectivity index (χ1) is 17.8. The van der Waals surface area contributed by atoms with Gasteiger partial charge in [-0.25, -0.2) is 21.9 Å². The molecular weight excluding hydrogens is 504 g/mol. The highest BCUT2D eigenvalue weighted by atomic mass is 32.2. The van der Waals surface area contributed by atoms with Crippen LogP contribution >= 0.6 is 0 Å². The Kier molecular flexibility index (Phi) is 8.69. The number of benzene rings is 2. The fraction of sp³-hybridized carbons (Fsp3) is 0.440. The SMILES string of the molecule is N#Cc1ccc(S(=O)(=O)NCCN2CC3CN(CCCOc4c(F)cc(C#N)cc4F)CC(C2)O3)cc1. The maximum atomic E-state index is 13.9. The molecule has 196 valence electrons. The zero-order valence-electron chi connectivity index (χ0n) is 20.1. The van der Waals surface area contributed by atoms with Crippen LogP contribution in [-0.4, -0.2) is 82.8 Å². The van der Waals surface area contributed by atoms with Gasteiger partial charge in [0.2, 0.25) is 10.0 Å². The summed E-state index contributed by atoms with van der Waals surface area (Å²) >= 11 is 0. The summed E-state index contributed by atoms with van der Waals surface area (Å²) in [5.41, 5.74) is 0.300. The topological polar surface area (TPSA) is 119 Å². The lowest BCUT2D eigenvalue weighted by atomic mass is 10.1. The molecule has 2 aliphatic rings. The molecule has 0 aromatic heterocycles. The van der Waals surface area contributed by atoms with Gasteiger partial charge in [0, 0.05) is 45.8 Å². The maximum Gasteiger partial charge on any atom is 0.240 e. The number of nitrogens with zero attached hydrogens (tertiary/aromatic N) is 4. The van der Waals surface area contributed by atoms with E-state index in [9.17, 15) is 17.2 Å². The van der Waals surface area contributed by atoms with Crippen molar-refractivity contribution in [3.63, 3.8) is 0 Å². The Labute approximate surface area is 214 Å². The molecule has 2 heterocycles. The highest BCUT2D eigenvalue weighted by Crippen LogP contribution is 2.24. The van der Waals surface area contributed by atoms with Crippen molar-refractivity contribution in [1.82, 2.24) is 14.5 Å². The lowest BCUT2D eigenvalue weighted by Crippen LogP contribution is -2.60. The van der Waals surface area contributed by atoms with Gasteiger partial charge in [-0.2, -0.15) is 10.5 Å². The van der Waals surface area contributed by atoms with Crippen molar-refractivity contribution in [2.75, 3.05) is 52.4 Å². The normalized spacial score (nSPS) is 20.2. The van der Waals surface area contributed by atoms with Crippen LogP contribution in [0.3, 0.4) is 0 Å². The molecule has 2 unspecified atom stereocenters. The second-order valence-corrected chi connectivity index (χ2v) is 10.8. The second-order valence-electron chi connectivity index (χ2n) is 9.02. The maximum absolute atomic E-state index is 13.9. The van der Waals surface area contributed by atoms with Crippen molar-refractivity contribution in [3.05, 3.63) is 59.2 Å². The van der Waals surface area contributed by atoms with Gasteiger partial charge in [0.25, 0.3) is 0 Å². The van der Waals surface area contributed by atoms with Crippen molar-refractivity contribution < 1.29 is 26.7 Å². The molecule has 2 aromatic rings. The summed E-state index contributed by atoms with van der Waals surface area (Å²) < 4.78 is 66.8. The van der Waals surface area contributed by atoms with E-state index in [0.29, 0.717) is 51.3 Å².